The summed E-state index contributed by atoms with van der Waals surface area (Å²) in [6, 6.07) is 0. The van der Waals surface area contributed by atoms with E-state index in [2.05, 4.69) is 6.08 Å². The van der Waals surface area contributed by atoms with E-state index in [0.29, 0.717) is 6.10 Å². The molecule has 0 aromatic heterocycles. The Hall–Kier alpha value is -0.300. The van der Waals surface area contributed by atoms with Crippen molar-refractivity contribution < 1.29 is 4.74 Å². The molecule has 1 fully saturated rings. The van der Waals surface area contributed by atoms with Gasteiger partial charge in [-0.05, 0) is 44.1 Å². The van der Waals surface area contributed by atoms with E-state index in [1.807, 2.05) is 0 Å². The van der Waals surface area contributed by atoms with Crippen LogP contribution in [-0.2, 0) is 4.74 Å². The molecule has 11 heavy (non-hydrogen) atoms. The largest absolute Gasteiger partial charge is 0.374 e. The third-order valence-corrected chi connectivity index (χ3v) is 2.67. The Morgan fingerprint density at radius 3 is 2.91 bits per heavy atom. The fourth-order valence-corrected chi connectivity index (χ4v) is 2.03. The lowest BCUT2D eigenvalue weighted by Gasteiger charge is -2.17. The van der Waals surface area contributed by atoms with Crippen molar-refractivity contribution in [1.82, 2.24) is 0 Å². The first-order valence-electron chi connectivity index (χ1n) is 4.77. The highest BCUT2D eigenvalue weighted by Crippen LogP contribution is 2.27. The van der Waals surface area contributed by atoms with Crippen LogP contribution in [0.1, 0.15) is 38.5 Å². The molecule has 1 nitrogen and oxygen atoms in total. The third-order valence-electron chi connectivity index (χ3n) is 2.67. The summed E-state index contributed by atoms with van der Waals surface area (Å²) in [6.45, 7) is 0.988. The molecule has 1 heterocycles. The second-order valence-corrected chi connectivity index (χ2v) is 3.53. The molecule has 0 bridgehead atoms. The highest BCUT2D eigenvalue weighted by molar-refractivity contribution is 5.11. The van der Waals surface area contributed by atoms with Gasteiger partial charge in [0.2, 0.25) is 0 Å². The van der Waals surface area contributed by atoms with Crippen molar-refractivity contribution in [1.29, 1.82) is 0 Å². The van der Waals surface area contributed by atoms with Crippen LogP contribution < -0.4 is 0 Å². The molecular formula is C10H16O. The average molecular weight is 152 g/mol. The van der Waals surface area contributed by atoms with Crippen molar-refractivity contribution in [2.24, 2.45) is 0 Å². The van der Waals surface area contributed by atoms with Crippen LogP contribution in [0.15, 0.2) is 11.6 Å². The monoisotopic (exact) mass is 152 g/mol. The lowest BCUT2D eigenvalue weighted by molar-refractivity contribution is 0.133. The molecule has 0 aromatic rings. The number of ether oxygens (including phenoxy) is 1. The summed E-state index contributed by atoms with van der Waals surface area (Å²) in [5, 5.41) is 0. The van der Waals surface area contributed by atoms with E-state index in [-0.39, 0.29) is 0 Å². The zero-order valence-corrected chi connectivity index (χ0v) is 7.01. The predicted octanol–water partition coefficient (Wildman–Crippen LogP) is 2.67. The van der Waals surface area contributed by atoms with E-state index in [0.717, 1.165) is 6.61 Å². The number of hydrogen-bond acceptors (Lipinski definition) is 1. The molecule has 1 unspecified atom stereocenters. The molecular weight excluding hydrogens is 136 g/mol. The van der Waals surface area contributed by atoms with Crippen LogP contribution in [0.4, 0.5) is 0 Å². The van der Waals surface area contributed by atoms with Crippen LogP contribution in [0.5, 0.6) is 0 Å². The first-order valence-corrected chi connectivity index (χ1v) is 4.77. The zero-order valence-electron chi connectivity index (χ0n) is 7.01. The molecule has 1 heteroatoms. The average Bonchev–Trinajstić information content (AvgIpc) is 2.58. The first-order chi connectivity index (χ1) is 5.47. The van der Waals surface area contributed by atoms with Crippen molar-refractivity contribution >= 4 is 0 Å². The van der Waals surface area contributed by atoms with Gasteiger partial charge in [0, 0.05) is 6.61 Å². The van der Waals surface area contributed by atoms with Crippen molar-refractivity contribution in [2.75, 3.05) is 6.61 Å². The molecule has 0 aromatic carbocycles. The van der Waals surface area contributed by atoms with Gasteiger partial charge in [-0.1, -0.05) is 6.08 Å². The van der Waals surface area contributed by atoms with E-state index >= 15 is 0 Å². The lowest BCUT2D eigenvalue weighted by atomic mass is 9.94. The van der Waals surface area contributed by atoms with Gasteiger partial charge >= 0.3 is 0 Å². The molecule has 0 spiro atoms. The van der Waals surface area contributed by atoms with E-state index in [1.165, 1.54) is 38.5 Å². The maximum absolute atomic E-state index is 5.62. The Morgan fingerprint density at radius 1 is 1.27 bits per heavy atom. The lowest BCUT2D eigenvalue weighted by Crippen LogP contribution is -2.10. The summed E-state index contributed by atoms with van der Waals surface area (Å²) in [6.07, 6.45) is 10.8. The maximum Gasteiger partial charge on any atom is 0.0785 e. The summed E-state index contributed by atoms with van der Waals surface area (Å²) >= 11 is 0. The van der Waals surface area contributed by atoms with Gasteiger partial charge in [0.15, 0.2) is 0 Å². The van der Waals surface area contributed by atoms with Gasteiger partial charge in [-0.2, -0.15) is 0 Å². The molecule has 1 aliphatic heterocycles. The Balaban J connectivity index is 1.96. The smallest absolute Gasteiger partial charge is 0.0785 e. The Bertz CT molecular complexity index is 154. The highest BCUT2D eigenvalue weighted by Gasteiger charge is 2.20. The van der Waals surface area contributed by atoms with Gasteiger partial charge in [-0.25, -0.2) is 0 Å². The maximum atomic E-state index is 5.62. The summed E-state index contributed by atoms with van der Waals surface area (Å²) in [7, 11) is 0. The fraction of sp³-hybridized carbons (Fsp3) is 0.800. The summed E-state index contributed by atoms with van der Waals surface area (Å²) in [4.78, 5) is 0. The first kappa shape index (κ1) is 7.35. The quantitative estimate of drug-likeness (QED) is 0.525. The van der Waals surface area contributed by atoms with Crippen LogP contribution in [0.2, 0.25) is 0 Å². The van der Waals surface area contributed by atoms with Gasteiger partial charge < -0.3 is 4.74 Å². The van der Waals surface area contributed by atoms with Crippen LogP contribution >= 0.6 is 0 Å². The molecule has 1 atom stereocenters. The van der Waals surface area contributed by atoms with Gasteiger partial charge in [-0.15, -0.1) is 0 Å². The van der Waals surface area contributed by atoms with Crippen molar-refractivity contribution in [3.05, 3.63) is 11.6 Å². The van der Waals surface area contributed by atoms with Gasteiger partial charge in [0.25, 0.3) is 0 Å². The second-order valence-electron chi connectivity index (χ2n) is 3.53. The standard InChI is InChI=1S/C10H16O/c1-2-5-9(6-3-1)10-7-4-8-11-10/h5,10H,1-4,6-8H2. The number of rotatable bonds is 1. The van der Waals surface area contributed by atoms with Crippen molar-refractivity contribution in [2.45, 2.75) is 44.6 Å². The highest BCUT2D eigenvalue weighted by atomic mass is 16.5. The molecule has 0 N–H and O–H groups in total. The molecule has 0 radical (unpaired) electrons. The van der Waals surface area contributed by atoms with Crippen LogP contribution in [0, 0.1) is 0 Å². The molecule has 1 saturated heterocycles. The molecule has 1 aliphatic carbocycles. The topological polar surface area (TPSA) is 9.23 Å². The fourth-order valence-electron chi connectivity index (χ4n) is 2.03. The summed E-state index contributed by atoms with van der Waals surface area (Å²) in [5.41, 5.74) is 1.59. The van der Waals surface area contributed by atoms with Crippen molar-refractivity contribution in [3.63, 3.8) is 0 Å². The Morgan fingerprint density at radius 2 is 2.27 bits per heavy atom. The molecule has 2 rings (SSSR count). The third kappa shape index (κ3) is 1.64. The van der Waals surface area contributed by atoms with E-state index in [1.54, 1.807) is 5.57 Å². The molecule has 2 aliphatic rings. The Labute approximate surface area is 68.4 Å². The second kappa shape index (κ2) is 3.40. The van der Waals surface area contributed by atoms with E-state index < -0.39 is 0 Å². The molecule has 0 saturated carbocycles. The van der Waals surface area contributed by atoms with Crippen LogP contribution in [-0.4, -0.2) is 12.7 Å². The van der Waals surface area contributed by atoms with Crippen LogP contribution in [0.25, 0.3) is 0 Å². The van der Waals surface area contributed by atoms with Gasteiger partial charge in [0.05, 0.1) is 6.10 Å². The number of allylic oxidation sites excluding steroid dienone is 1. The van der Waals surface area contributed by atoms with Gasteiger partial charge in [0.1, 0.15) is 0 Å². The molecule has 62 valence electrons. The Kier molecular flexibility index (Phi) is 2.27. The zero-order chi connectivity index (χ0) is 7.52. The molecule has 0 amide bonds. The minimum atomic E-state index is 0.510. The summed E-state index contributed by atoms with van der Waals surface area (Å²) in [5.74, 6) is 0. The SMILES string of the molecule is C1=C(C2CCCO2)CCCC1. The minimum absolute atomic E-state index is 0.510. The number of hydrogen-bond donors (Lipinski definition) is 0. The van der Waals surface area contributed by atoms with Gasteiger partial charge in [-0.3, -0.25) is 0 Å². The van der Waals surface area contributed by atoms with E-state index in [9.17, 15) is 0 Å². The van der Waals surface area contributed by atoms with E-state index in [4.69, 9.17) is 4.74 Å². The minimum Gasteiger partial charge on any atom is -0.374 e. The van der Waals surface area contributed by atoms with Crippen LogP contribution in [0.3, 0.4) is 0 Å². The normalized spacial score (nSPS) is 32.0. The van der Waals surface area contributed by atoms with Crippen molar-refractivity contribution in [3.8, 4) is 0 Å². The predicted molar refractivity (Wildman–Crippen MR) is 45.5 cm³/mol. The summed E-state index contributed by atoms with van der Waals surface area (Å²) < 4.78 is 5.62.